The van der Waals surface area contributed by atoms with Gasteiger partial charge < -0.3 is 0 Å². The van der Waals surface area contributed by atoms with E-state index in [4.69, 9.17) is 4.74 Å². The van der Waals surface area contributed by atoms with Crippen molar-refractivity contribution in [3.05, 3.63) is 42.5 Å². The maximum atomic E-state index is 10.5. The van der Waals surface area contributed by atoms with Crippen LogP contribution in [0, 0.1) is 0 Å². The molecule has 0 aliphatic rings. The van der Waals surface area contributed by atoms with Gasteiger partial charge in [-0.1, -0.05) is 0 Å². The molecule has 0 radical (unpaired) electrons. The van der Waals surface area contributed by atoms with Crippen LogP contribution in [0.4, 0.5) is 0 Å². The molecule has 2 aromatic carbocycles. The normalized spacial score (nSPS) is 10.0. The molecule has 0 saturated heterocycles. The third kappa shape index (κ3) is 2.36. The van der Waals surface area contributed by atoms with Gasteiger partial charge in [0.05, 0.1) is 0 Å². The van der Waals surface area contributed by atoms with E-state index in [-0.39, 0.29) is 5.75 Å². The van der Waals surface area contributed by atoms with Gasteiger partial charge in [0.1, 0.15) is 0 Å². The first-order chi connectivity index (χ1) is 8.24. The second-order valence-electron chi connectivity index (χ2n) is 3.68. The van der Waals surface area contributed by atoms with E-state index in [1.54, 1.807) is 24.3 Å². The van der Waals surface area contributed by atoms with Crippen molar-refractivity contribution in [1.29, 1.82) is 0 Å². The molecule has 0 amide bonds. The Balaban J connectivity index is 2.63. The van der Waals surface area contributed by atoms with E-state index in [2.05, 4.69) is 0 Å². The maximum absolute atomic E-state index is 10.5. The van der Waals surface area contributed by atoms with Crippen molar-refractivity contribution in [1.82, 2.24) is 0 Å². The molecule has 1 N–H and O–H groups in total. The van der Waals surface area contributed by atoms with Gasteiger partial charge in [-0.15, -0.1) is 0 Å². The molecule has 0 aliphatic carbocycles. The predicted molar refractivity (Wildman–Crippen MR) is 65.6 cm³/mol. The van der Waals surface area contributed by atoms with E-state index in [0.29, 0.717) is 23.3 Å². The molecule has 0 aliphatic heterocycles. The van der Waals surface area contributed by atoms with Gasteiger partial charge in [-0.25, -0.2) is 0 Å². The first-order valence-electron chi connectivity index (χ1n) is 5.22. The van der Waals surface area contributed by atoms with Crippen molar-refractivity contribution < 1.29 is 14.6 Å². The van der Waals surface area contributed by atoms with E-state index < -0.39 is 0 Å². The van der Waals surface area contributed by atoms with E-state index in [1.165, 1.54) is 0 Å². The van der Waals surface area contributed by atoms with E-state index in [0.717, 1.165) is 4.24 Å². The summed E-state index contributed by atoms with van der Waals surface area (Å²) in [5.74, 6) is 0.637. The number of phenolic OH excluding ortho intramolecular Hbond substituents is 1. The second-order valence-corrected chi connectivity index (χ2v) is 3.68. The molecule has 2 aromatic rings. The molecule has 17 heavy (non-hydrogen) atoms. The van der Waals surface area contributed by atoms with Crippen molar-refractivity contribution in [2.24, 2.45) is 0 Å². The molecule has 0 heterocycles. The average Bonchev–Trinajstić information content (AvgIpc) is 2.33. The van der Waals surface area contributed by atoms with Crippen LogP contribution in [0.2, 0.25) is 0 Å². The van der Waals surface area contributed by atoms with Gasteiger partial charge in [0, 0.05) is 0 Å². The zero-order valence-corrected chi connectivity index (χ0v) is 9.38. The number of carbonyl (C=O) groups is 1. The van der Waals surface area contributed by atoms with Crippen LogP contribution in [0.5, 0.6) is 11.5 Å². The first kappa shape index (κ1) is 11.8. The summed E-state index contributed by atoms with van der Waals surface area (Å²) in [4.78, 5) is 10.5. The van der Waals surface area contributed by atoms with Gasteiger partial charge in [0.2, 0.25) is 0 Å². The van der Waals surface area contributed by atoms with Crippen LogP contribution in [0.15, 0.2) is 42.5 Å². The summed E-state index contributed by atoms with van der Waals surface area (Å²) in [7, 11) is 0. The Morgan fingerprint density at radius 3 is 2.47 bits per heavy atom. The molecule has 4 heteroatoms. The third-order valence-electron chi connectivity index (χ3n) is 2.57. The summed E-state index contributed by atoms with van der Waals surface area (Å²) < 4.78 is 5.83. The van der Waals surface area contributed by atoms with E-state index in [9.17, 15) is 9.90 Å². The summed E-state index contributed by atoms with van der Waals surface area (Å²) in [5, 5.41) is 9.80. The standard InChI is InChI=1S/C13H9O3.Li/c14-9-16-13-8-4-2-6-11(13)10-5-1-3-7-12(10)15;/h1-7,9,15H;. The first-order valence-corrected chi connectivity index (χ1v) is 5.22. The summed E-state index contributed by atoms with van der Waals surface area (Å²) in [6, 6.07) is 12.5. The van der Waals surface area contributed by atoms with Crippen LogP contribution >= 0.6 is 0 Å². The number of carbonyl (C=O) groups excluding carboxylic acids is 1. The third-order valence-corrected chi connectivity index (χ3v) is 2.57. The van der Waals surface area contributed by atoms with Gasteiger partial charge in [0.15, 0.2) is 0 Å². The Morgan fingerprint density at radius 1 is 1.06 bits per heavy atom. The summed E-state index contributed by atoms with van der Waals surface area (Å²) in [5.41, 5.74) is 1.35. The Bertz CT molecular complexity index is 552. The molecule has 0 bridgehead atoms. The molecular formula is C13H9LiO3. The van der Waals surface area contributed by atoms with Gasteiger partial charge in [-0.3, -0.25) is 0 Å². The Labute approximate surface area is 108 Å². The summed E-state index contributed by atoms with van der Waals surface area (Å²) >= 11 is 1.85. The molecule has 0 atom stereocenters. The number of rotatable bonds is 3. The average molecular weight is 220 g/mol. The SMILES string of the molecule is [Li][c]1cccc(-c2ccccc2O)c1OC=O. The number of ether oxygens (including phenoxy) is 1. The predicted octanol–water partition coefficient (Wildman–Crippen LogP) is 1.39. The van der Waals surface area contributed by atoms with Gasteiger partial charge in [0.25, 0.3) is 0 Å². The van der Waals surface area contributed by atoms with E-state index in [1.807, 2.05) is 35.9 Å². The molecule has 0 aromatic heterocycles. The van der Waals surface area contributed by atoms with Crippen molar-refractivity contribution in [3.63, 3.8) is 0 Å². The van der Waals surface area contributed by atoms with Gasteiger partial charge in [-0.2, -0.15) is 0 Å². The number of para-hydroxylation sites is 2. The van der Waals surface area contributed by atoms with Crippen LogP contribution < -0.4 is 8.97 Å². The molecule has 0 saturated carbocycles. The molecule has 2 rings (SSSR count). The molecule has 0 fully saturated rings. The number of hydrogen-bond acceptors (Lipinski definition) is 3. The Kier molecular flexibility index (Phi) is 3.53. The van der Waals surface area contributed by atoms with Crippen molar-refractivity contribution in [2.45, 2.75) is 0 Å². The fraction of sp³-hybridized carbons (Fsp3) is 0. The topological polar surface area (TPSA) is 46.5 Å². The fourth-order valence-electron chi connectivity index (χ4n) is 1.77. The Morgan fingerprint density at radius 2 is 1.76 bits per heavy atom. The molecule has 0 spiro atoms. The van der Waals surface area contributed by atoms with Crippen molar-refractivity contribution >= 4 is 28.4 Å². The van der Waals surface area contributed by atoms with Crippen LogP contribution in [-0.4, -0.2) is 29.3 Å². The molecular weight excluding hydrogens is 211 g/mol. The second kappa shape index (κ2) is 5.09. The van der Waals surface area contributed by atoms with Crippen molar-refractivity contribution in [3.8, 4) is 22.6 Å². The van der Waals surface area contributed by atoms with Crippen LogP contribution in [0.1, 0.15) is 0 Å². The summed E-state index contributed by atoms with van der Waals surface area (Å²) in [6.07, 6.45) is 0. The molecule has 80 valence electrons. The zero-order valence-electron chi connectivity index (χ0n) is 9.38. The number of benzene rings is 2. The minimum absolute atomic E-state index is 0.161. The zero-order chi connectivity index (χ0) is 12.3. The van der Waals surface area contributed by atoms with Gasteiger partial charge >= 0.3 is 108 Å². The van der Waals surface area contributed by atoms with Crippen LogP contribution in [0.25, 0.3) is 11.1 Å². The molecule has 3 nitrogen and oxygen atoms in total. The van der Waals surface area contributed by atoms with Crippen LogP contribution in [0.3, 0.4) is 0 Å². The fourth-order valence-corrected chi connectivity index (χ4v) is 1.77. The number of phenols is 1. The van der Waals surface area contributed by atoms with E-state index >= 15 is 0 Å². The quantitative estimate of drug-likeness (QED) is 0.628. The number of aromatic hydroxyl groups is 1. The van der Waals surface area contributed by atoms with Crippen molar-refractivity contribution in [2.75, 3.05) is 0 Å². The molecule has 0 unspecified atom stereocenters. The summed E-state index contributed by atoms with van der Waals surface area (Å²) in [6.45, 7) is 0.395. The number of hydrogen-bond donors (Lipinski definition) is 1. The Hall–Kier alpha value is -1.69. The minimum atomic E-state index is 0.161. The van der Waals surface area contributed by atoms with Gasteiger partial charge in [-0.05, 0) is 0 Å². The monoisotopic (exact) mass is 220 g/mol. The van der Waals surface area contributed by atoms with Crippen LogP contribution in [-0.2, 0) is 4.79 Å².